The van der Waals surface area contributed by atoms with Gasteiger partial charge in [0, 0.05) is 37.2 Å². The first-order chi connectivity index (χ1) is 13.4. The quantitative estimate of drug-likeness (QED) is 0.598. The van der Waals surface area contributed by atoms with Crippen molar-refractivity contribution in [2.24, 2.45) is 11.3 Å². The summed E-state index contributed by atoms with van der Waals surface area (Å²) in [5.74, 6) is -1.68. The van der Waals surface area contributed by atoms with Gasteiger partial charge in [-0.3, -0.25) is 19.7 Å². The molecule has 0 unspecified atom stereocenters. The molecule has 11 nitrogen and oxygen atoms in total. The van der Waals surface area contributed by atoms with Crippen LogP contribution in [0, 0.1) is 21.4 Å². The molecule has 2 atom stereocenters. The zero-order valence-electron chi connectivity index (χ0n) is 14.7. The molecule has 1 aromatic heterocycles. The van der Waals surface area contributed by atoms with Crippen LogP contribution in [0.15, 0.2) is 30.9 Å². The summed E-state index contributed by atoms with van der Waals surface area (Å²) in [4.78, 5) is 41.0. The Labute approximate surface area is 158 Å². The van der Waals surface area contributed by atoms with Crippen LogP contribution < -0.4 is 0 Å². The third-order valence-corrected chi connectivity index (χ3v) is 5.50. The third-order valence-electron chi connectivity index (χ3n) is 5.50. The van der Waals surface area contributed by atoms with Crippen molar-refractivity contribution < 1.29 is 24.4 Å². The van der Waals surface area contributed by atoms with Crippen LogP contribution in [0.3, 0.4) is 0 Å². The van der Waals surface area contributed by atoms with Gasteiger partial charge < -0.3 is 14.7 Å². The summed E-state index contributed by atoms with van der Waals surface area (Å²) in [6.45, 7) is 0.919. The van der Waals surface area contributed by atoms with Crippen LogP contribution in [0.2, 0.25) is 0 Å². The summed E-state index contributed by atoms with van der Waals surface area (Å²) in [5.41, 5.74) is -1.01. The lowest BCUT2D eigenvalue weighted by Crippen LogP contribution is -2.45. The van der Waals surface area contributed by atoms with Gasteiger partial charge in [0.15, 0.2) is 0 Å². The fraction of sp³-hybridized carbons (Fsp3) is 0.412. The molecule has 2 fully saturated rings. The number of nitrogens with zero attached hydrogens (tertiary/aromatic N) is 5. The molecule has 2 aromatic rings. The van der Waals surface area contributed by atoms with Gasteiger partial charge in [-0.2, -0.15) is 5.10 Å². The van der Waals surface area contributed by atoms with Gasteiger partial charge in [-0.1, -0.05) is 0 Å². The minimum atomic E-state index is -1.03. The highest BCUT2D eigenvalue weighted by molar-refractivity contribution is 5.96. The maximum absolute atomic E-state index is 13.0. The number of ether oxygens (including phenoxy) is 1. The van der Waals surface area contributed by atoms with E-state index in [-0.39, 0.29) is 42.6 Å². The van der Waals surface area contributed by atoms with Gasteiger partial charge >= 0.3 is 5.97 Å². The molecule has 1 N–H and O–H groups in total. The Morgan fingerprint density at radius 3 is 2.86 bits per heavy atom. The highest BCUT2D eigenvalue weighted by Crippen LogP contribution is 2.43. The maximum Gasteiger partial charge on any atom is 0.311 e. The Bertz CT molecular complexity index is 946. The van der Waals surface area contributed by atoms with E-state index >= 15 is 0 Å². The van der Waals surface area contributed by atoms with E-state index in [9.17, 15) is 24.8 Å². The molecular weight excluding hydrogens is 370 g/mol. The number of hydrogen-bond acceptors (Lipinski definition) is 7. The fourth-order valence-electron chi connectivity index (χ4n) is 3.97. The molecule has 3 heterocycles. The highest BCUT2D eigenvalue weighted by atomic mass is 16.6. The zero-order valence-corrected chi connectivity index (χ0v) is 14.7. The molecule has 1 aromatic carbocycles. The lowest BCUT2D eigenvalue weighted by Gasteiger charge is -2.33. The number of rotatable bonds is 4. The second-order valence-electron chi connectivity index (χ2n) is 6.97. The van der Waals surface area contributed by atoms with Crippen molar-refractivity contribution in [3.8, 4) is 5.69 Å². The summed E-state index contributed by atoms with van der Waals surface area (Å²) >= 11 is 0. The van der Waals surface area contributed by atoms with Gasteiger partial charge in [-0.05, 0) is 18.6 Å². The van der Waals surface area contributed by atoms with Crippen LogP contribution in [-0.2, 0) is 9.53 Å². The van der Waals surface area contributed by atoms with E-state index in [1.807, 2.05) is 0 Å². The number of aromatic nitrogens is 3. The van der Waals surface area contributed by atoms with Crippen molar-refractivity contribution in [2.45, 2.75) is 6.42 Å². The second-order valence-corrected chi connectivity index (χ2v) is 6.97. The zero-order chi connectivity index (χ0) is 19.9. The first-order valence-electron chi connectivity index (χ1n) is 8.66. The average molecular weight is 387 g/mol. The summed E-state index contributed by atoms with van der Waals surface area (Å²) in [5, 5.41) is 25.1. The number of carbonyl (C=O) groups is 2. The number of nitro benzene ring substituents is 1. The Morgan fingerprint density at radius 1 is 1.39 bits per heavy atom. The number of nitro groups is 1. The van der Waals surface area contributed by atoms with Crippen molar-refractivity contribution in [1.29, 1.82) is 0 Å². The largest absolute Gasteiger partial charge is 0.481 e. The molecule has 4 rings (SSSR count). The number of hydrogen-bond donors (Lipinski definition) is 1. The first-order valence-corrected chi connectivity index (χ1v) is 8.66. The monoisotopic (exact) mass is 387 g/mol. The lowest BCUT2D eigenvalue weighted by molar-refractivity contribution is -0.384. The molecule has 2 aliphatic rings. The van der Waals surface area contributed by atoms with Crippen LogP contribution in [0.25, 0.3) is 5.69 Å². The number of carboxylic acid groups (broad SMARTS) is 1. The van der Waals surface area contributed by atoms with Gasteiger partial charge in [0.25, 0.3) is 11.6 Å². The van der Waals surface area contributed by atoms with Gasteiger partial charge in [-0.15, -0.1) is 0 Å². The van der Waals surface area contributed by atoms with Crippen LogP contribution in [-0.4, -0.2) is 67.9 Å². The number of amides is 1. The summed E-state index contributed by atoms with van der Waals surface area (Å²) in [6, 6.07) is 4.09. The van der Waals surface area contributed by atoms with Crippen molar-refractivity contribution in [2.75, 3.05) is 26.3 Å². The molecule has 2 saturated heterocycles. The third kappa shape index (κ3) is 2.80. The van der Waals surface area contributed by atoms with Gasteiger partial charge in [-0.25, -0.2) is 9.67 Å². The van der Waals surface area contributed by atoms with E-state index in [1.54, 1.807) is 0 Å². The molecule has 0 spiro atoms. The van der Waals surface area contributed by atoms with E-state index in [0.717, 1.165) is 0 Å². The van der Waals surface area contributed by atoms with Crippen LogP contribution >= 0.6 is 0 Å². The number of carboxylic acids is 1. The standard InChI is InChI=1S/C17H17N5O6/c23-15(20-6-12-7-28-4-3-17(12,8-20)16(24)25)11-1-2-13(14(5-11)22(26)27)21-10-18-9-19-21/h1-2,5,9-10,12H,3-4,6-8H2,(H,24,25)/t12-,17+/m0/s1. The minimum Gasteiger partial charge on any atom is -0.481 e. The molecule has 0 aliphatic carbocycles. The Morgan fingerprint density at radius 2 is 2.21 bits per heavy atom. The Kier molecular flexibility index (Phi) is 4.30. The van der Waals surface area contributed by atoms with E-state index < -0.39 is 22.2 Å². The van der Waals surface area contributed by atoms with E-state index in [0.29, 0.717) is 13.0 Å². The number of likely N-dealkylation sites (tertiary alicyclic amines) is 1. The second kappa shape index (κ2) is 6.68. The first kappa shape index (κ1) is 18.0. The van der Waals surface area contributed by atoms with Gasteiger partial charge in [0.2, 0.25) is 0 Å². The molecule has 2 aliphatic heterocycles. The number of benzene rings is 1. The number of fused-ring (bicyclic) bond motifs is 1. The predicted octanol–water partition coefficient (Wildman–Crippen LogP) is 0.739. The lowest BCUT2D eigenvalue weighted by atomic mass is 9.74. The van der Waals surface area contributed by atoms with Crippen molar-refractivity contribution in [3.63, 3.8) is 0 Å². The molecular formula is C17H17N5O6. The Hall–Kier alpha value is -3.34. The van der Waals surface area contributed by atoms with Crippen LogP contribution in [0.4, 0.5) is 5.69 Å². The van der Waals surface area contributed by atoms with Crippen molar-refractivity contribution >= 4 is 17.6 Å². The molecule has 0 bridgehead atoms. The predicted molar refractivity (Wildman–Crippen MR) is 92.9 cm³/mol. The molecule has 146 valence electrons. The maximum atomic E-state index is 13.0. The average Bonchev–Trinajstić information content (AvgIpc) is 3.35. The number of aliphatic carboxylic acids is 1. The van der Waals surface area contributed by atoms with Gasteiger partial charge in [0.05, 0.1) is 16.9 Å². The van der Waals surface area contributed by atoms with E-state index in [1.165, 1.54) is 40.4 Å². The smallest absolute Gasteiger partial charge is 0.311 e. The van der Waals surface area contributed by atoms with Crippen LogP contribution in [0.5, 0.6) is 0 Å². The minimum absolute atomic E-state index is 0.0633. The fourth-order valence-corrected chi connectivity index (χ4v) is 3.97. The highest BCUT2D eigenvalue weighted by Gasteiger charge is 2.55. The molecule has 0 saturated carbocycles. The Balaban J connectivity index is 1.65. The van der Waals surface area contributed by atoms with Crippen molar-refractivity contribution in [1.82, 2.24) is 19.7 Å². The number of carbonyl (C=O) groups excluding carboxylic acids is 1. The van der Waals surface area contributed by atoms with E-state index in [2.05, 4.69) is 10.1 Å². The summed E-state index contributed by atoms with van der Waals surface area (Å²) in [7, 11) is 0. The van der Waals surface area contributed by atoms with Crippen LogP contribution in [0.1, 0.15) is 16.8 Å². The van der Waals surface area contributed by atoms with Crippen molar-refractivity contribution in [3.05, 3.63) is 46.5 Å². The molecule has 11 heteroatoms. The molecule has 0 radical (unpaired) electrons. The SMILES string of the molecule is O=C(c1ccc(-n2cncn2)c([N+](=O)[O-])c1)N1C[C@H]2COCC[C@@]2(C(=O)O)C1. The van der Waals surface area contributed by atoms with E-state index in [4.69, 9.17) is 4.74 Å². The molecule has 1 amide bonds. The normalized spacial score (nSPS) is 24.0. The molecule has 28 heavy (non-hydrogen) atoms. The van der Waals surface area contributed by atoms with Gasteiger partial charge in [0.1, 0.15) is 18.3 Å². The summed E-state index contributed by atoms with van der Waals surface area (Å²) < 4.78 is 6.64. The summed E-state index contributed by atoms with van der Waals surface area (Å²) in [6.07, 6.45) is 2.91. The topological polar surface area (TPSA) is 141 Å².